The number of rotatable bonds is 6. The normalized spacial score (nSPS) is 11.8. The Morgan fingerprint density at radius 1 is 1.29 bits per heavy atom. The Morgan fingerprint density at radius 2 is 1.95 bits per heavy atom. The summed E-state index contributed by atoms with van der Waals surface area (Å²) in [5.74, 6) is -0.353. The van der Waals surface area contributed by atoms with E-state index < -0.39 is 10.0 Å². The van der Waals surface area contributed by atoms with Crippen molar-refractivity contribution >= 4 is 10.0 Å². The van der Waals surface area contributed by atoms with Gasteiger partial charge < -0.3 is 10.3 Å². The number of hydrogen-bond donors (Lipinski definition) is 2. The summed E-state index contributed by atoms with van der Waals surface area (Å²) in [4.78, 5) is 0.187. The molecule has 21 heavy (non-hydrogen) atoms. The van der Waals surface area contributed by atoms with Crippen LogP contribution in [0.3, 0.4) is 0 Å². The van der Waals surface area contributed by atoms with Crippen LogP contribution in [0.4, 0.5) is 4.39 Å². The van der Waals surface area contributed by atoms with Gasteiger partial charge in [-0.1, -0.05) is 12.1 Å². The van der Waals surface area contributed by atoms with Crippen molar-refractivity contribution in [2.45, 2.75) is 31.5 Å². The first kappa shape index (κ1) is 15.7. The van der Waals surface area contributed by atoms with E-state index in [4.69, 9.17) is 5.73 Å². The van der Waals surface area contributed by atoms with Crippen molar-refractivity contribution in [3.8, 4) is 0 Å². The number of aromatic nitrogens is 1. The number of sulfonamides is 1. The lowest BCUT2D eigenvalue weighted by molar-refractivity contribution is 0.580. The molecule has 2 rings (SSSR count). The lowest BCUT2D eigenvalue weighted by Crippen LogP contribution is -2.22. The monoisotopic (exact) mass is 311 g/mol. The molecule has 0 aliphatic heterocycles. The van der Waals surface area contributed by atoms with E-state index in [0.29, 0.717) is 12.1 Å². The molecule has 0 radical (unpaired) electrons. The number of aryl methyl sites for hydroxylation is 1. The summed E-state index contributed by atoms with van der Waals surface area (Å²) in [6.45, 7) is 2.96. The maximum absolute atomic E-state index is 12.8. The summed E-state index contributed by atoms with van der Waals surface area (Å²) in [5, 5.41) is 0. The molecule has 1 heterocycles. The average Bonchev–Trinajstić information content (AvgIpc) is 2.91. The summed E-state index contributed by atoms with van der Waals surface area (Å²) in [6, 6.07) is 7.24. The Balaban J connectivity index is 2.14. The van der Waals surface area contributed by atoms with Gasteiger partial charge in [0.2, 0.25) is 10.0 Å². The van der Waals surface area contributed by atoms with Crippen molar-refractivity contribution in [1.82, 2.24) is 9.29 Å². The van der Waals surface area contributed by atoms with Crippen molar-refractivity contribution in [2.75, 3.05) is 0 Å². The van der Waals surface area contributed by atoms with E-state index in [1.54, 1.807) is 29.0 Å². The van der Waals surface area contributed by atoms with Gasteiger partial charge in [0.15, 0.2) is 0 Å². The first-order valence-electron chi connectivity index (χ1n) is 6.59. The second-order valence-corrected chi connectivity index (χ2v) is 6.38. The van der Waals surface area contributed by atoms with E-state index >= 15 is 0 Å². The summed E-state index contributed by atoms with van der Waals surface area (Å²) in [7, 11) is -3.61. The molecule has 114 valence electrons. The second-order valence-electron chi connectivity index (χ2n) is 4.61. The minimum absolute atomic E-state index is 0.109. The highest BCUT2D eigenvalue weighted by Crippen LogP contribution is 2.15. The van der Waals surface area contributed by atoms with Gasteiger partial charge in [0.25, 0.3) is 0 Å². The molecule has 0 bridgehead atoms. The highest BCUT2D eigenvalue weighted by atomic mass is 32.2. The first-order valence-corrected chi connectivity index (χ1v) is 8.08. The van der Waals surface area contributed by atoms with Crippen molar-refractivity contribution in [1.29, 1.82) is 0 Å². The van der Waals surface area contributed by atoms with Crippen LogP contribution in [0.1, 0.15) is 18.2 Å². The molecular formula is C14H18FN3O2S. The van der Waals surface area contributed by atoms with Crippen LogP contribution in [0.25, 0.3) is 0 Å². The predicted molar refractivity (Wildman–Crippen MR) is 78.4 cm³/mol. The summed E-state index contributed by atoms with van der Waals surface area (Å²) in [6.07, 6.45) is 1.56. The maximum atomic E-state index is 12.8. The number of halogens is 1. The van der Waals surface area contributed by atoms with Crippen LogP contribution in [0.5, 0.6) is 0 Å². The molecule has 7 heteroatoms. The lowest BCUT2D eigenvalue weighted by atomic mass is 10.2. The van der Waals surface area contributed by atoms with E-state index in [0.717, 1.165) is 5.69 Å². The molecule has 5 nitrogen and oxygen atoms in total. The third-order valence-electron chi connectivity index (χ3n) is 3.20. The van der Waals surface area contributed by atoms with Gasteiger partial charge in [-0.25, -0.2) is 17.5 Å². The molecule has 0 saturated heterocycles. The van der Waals surface area contributed by atoms with Crippen molar-refractivity contribution < 1.29 is 12.8 Å². The largest absolute Gasteiger partial charge is 0.349 e. The Labute approximate surface area is 123 Å². The first-order chi connectivity index (χ1) is 9.96. The number of benzene rings is 1. The molecular weight excluding hydrogens is 293 g/mol. The molecule has 1 aromatic carbocycles. The van der Waals surface area contributed by atoms with Gasteiger partial charge in [-0.3, -0.25) is 0 Å². The quantitative estimate of drug-likeness (QED) is 0.850. The van der Waals surface area contributed by atoms with Crippen LogP contribution in [-0.2, 0) is 29.7 Å². The smallest absolute Gasteiger partial charge is 0.242 e. The topological polar surface area (TPSA) is 77.1 Å². The third-order valence-corrected chi connectivity index (χ3v) is 4.57. The van der Waals surface area contributed by atoms with Gasteiger partial charge in [-0.05, 0) is 30.7 Å². The fraction of sp³-hybridized carbons (Fsp3) is 0.286. The summed E-state index contributed by atoms with van der Waals surface area (Å²) in [5.41, 5.74) is 7.04. The molecule has 0 saturated carbocycles. The van der Waals surface area contributed by atoms with E-state index in [1.807, 2.05) is 6.92 Å². The minimum Gasteiger partial charge on any atom is -0.349 e. The molecule has 1 aromatic heterocycles. The predicted octanol–water partition coefficient (Wildman–Crippen LogP) is 1.58. The number of hydrogen-bond acceptors (Lipinski definition) is 3. The van der Waals surface area contributed by atoms with Crippen LogP contribution in [-0.4, -0.2) is 13.0 Å². The molecule has 0 atom stereocenters. The SMILES string of the molecule is CCn1cc(S(=O)(=O)NCc2ccc(F)cc2)cc1CN. The van der Waals surface area contributed by atoms with Gasteiger partial charge in [0, 0.05) is 31.5 Å². The fourth-order valence-electron chi connectivity index (χ4n) is 2.00. The standard InChI is InChI=1S/C14H18FN3O2S/c1-2-18-10-14(7-13(18)8-16)21(19,20)17-9-11-3-5-12(15)6-4-11/h3-7,10,17H,2,8-9,16H2,1H3. The molecule has 0 unspecified atom stereocenters. The van der Waals surface area contributed by atoms with Crippen LogP contribution in [0, 0.1) is 5.82 Å². The van der Waals surface area contributed by atoms with E-state index in [1.165, 1.54) is 12.1 Å². The van der Waals surface area contributed by atoms with Gasteiger partial charge in [0.1, 0.15) is 5.82 Å². The molecule has 0 aliphatic carbocycles. The second kappa shape index (κ2) is 6.38. The number of nitrogens with one attached hydrogen (secondary N) is 1. The highest BCUT2D eigenvalue weighted by molar-refractivity contribution is 7.89. The summed E-state index contributed by atoms with van der Waals surface area (Å²) < 4.78 is 41.6. The van der Waals surface area contributed by atoms with Crippen molar-refractivity contribution in [3.05, 3.63) is 53.6 Å². The molecule has 0 fully saturated rings. The number of nitrogens with two attached hydrogens (primary N) is 1. The van der Waals surface area contributed by atoms with E-state index in [9.17, 15) is 12.8 Å². The molecule has 3 N–H and O–H groups in total. The molecule has 0 amide bonds. The van der Waals surface area contributed by atoms with Crippen LogP contribution in [0.2, 0.25) is 0 Å². The number of nitrogens with zero attached hydrogens (tertiary/aromatic N) is 1. The Morgan fingerprint density at radius 3 is 2.48 bits per heavy atom. The lowest BCUT2D eigenvalue weighted by Gasteiger charge is -2.05. The minimum atomic E-state index is -3.61. The van der Waals surface area contributed by atoms with Gasteiger partial charge in [0.05, 0.1) is 4.90 Å². The van der Waals surface area contributed by atoms with Crippen molar-refractivity contribution in [3.63, 3.8) is 0 Å². The Kier molecular flexibility index (Phi) is 4.76. The summed E-state index contributed by atoms with van der Waals surface area (Å²) >= 11 is 0. The van der Waals surface area contributed by atoms with Crippen LogP contribution in [0.15, 0.2) is 41.4 Å². The molecule has 0 aliphatic rings. The van der Waals surface area contributed by atoms with Gasteiger partial charge in [-0.15, -0.1) is 0 Å². The molecule has 0 spiro atoms. The fourth-order valence-corrected chi connectivity index (χ4v) is 3.08. The van der Waals surface area contributed by atoms with E-state index in [-0.39, 0.29) is 23.8 Å². The van der Waals surface area contributed by atoms with Crippen LogP contribution < -0.4 is 10.5 Å². The Hall–Kier alpha value is -1.70. The Bertz CT molecular complexity index is 687. The third kappa shape index (κ3) is 3.69. The zero-order valence-electron chi connectivity index (χ0n) is 11.7. The van der Waals surface area contributed by atoms with Crippen LogP contribution >= 0.6 is 0 Å². The van der Waals surface area contributed by atoms with E-state index in [2.05, 4.69) is 4.72 Å². The zero-order chi connectivity index (χ0) is 15.5. The van der Waals surface area contributed by atoms with Gasteiger partial charge >= 0.3 is 0 Å². The maximum Gasteiger partial charge on any atom is 0.242 e. The molecule has 2 aromatic rings. The highest BCUT2D eigenvalue weighted by Gasteiger charge is 2.17. The average molecular weight is 311 g/mol. The van der Waals surface area contributed by atoms with Gasteiger partial charge in [-0.2, -0.15) is 0 Å². The zero-order valence-corrected chi connectivity index (χ0v) is 12.5. The van der Waals surface area contributed by atoms with Crippen molar-refractivity contribution in [2.24, 2.45) is 5.73 Å².